The Balaban J connectivity index is 2.61. The second-order valence-electron chi connectivity index (χ2n) is 4.00. The molecule has 0 heterocycles. The van der Waals surface area contributed by atoms with Crippen molar-refractivity contribution < 1.29 is 13.2 Å². The number of hydrogen-bond acceptors (Lipinski definition) is 1. The number of rotatable bonds is 4. The van der Waals surface area contributed by atoms with Crippen LogP contribution in [-0.4, -0.2) is 19.3 Å². The van der Waals surface area contributed by atoms with Gasteiger partial charge in [-0.3, -0.25) is 0 Å². The molecule has 1 aromatic carbocycles. The van der Waals surface area contributed by atoms with E-state index in [1.54, 1.807) is 24.3 Å². The van der Waals surface area contributed by atoms with Gasteiger partial charge in [-0.2, -0.15) is 13.2 Å². The standard InChI is InChI=1S/C12H16F3N/c1-9(16-2)7-10-3-5-11(6-4-10)8-12(13,14)15/h3-6,9,16H,7-8H2,1-2H3. The minimum atomic E-state index is -4.13. The Bertz CT molecular complexity index is 316. The number of halogens is 3. The molecule has 90 valence electrons. The predicted octanol–water partition coefficient (Wildman–Crippen LogP) is 2.94. The van der Waals surface area contributed by atoms with Gasteiger partial charge in [0, 0.05) is 6.04 Å². The molecular formula is C12H16F3N. The highest BCUT2D eigenvalue weighted by Crippen LogP contribution is 2.21. The molecule has 0 spiro atoms. The van der Waals surface area contributed by atoms with Crippen molar-refractivity contribution in [3.8, 4) is 0 Å². The van der Waals surface area contributed by atoms with E-state index < -0.39 is 12.6 Å². The normalized spacial score (nSPS) is 13.8. The van der Waals surface area contributed by atoms with Crippen LogP contribution in [0.5, 0.6) is 0 Å². The fourth-order valence-electron chi connectivity index (χ4n) is 1.48. The fraction of sp³-hybridized carbons (Fsp3) is 0.500. The van der Waals surface area contributed by atoms with Crippen LogP contribution in [-0.2, 0) is 12.8 Å². The van der Waals surface area contributed by atoms with Crippen molar-refractivity contribution in [3.63, 3.8) is 0 Å². The minimum Gasteiger partial charge on any atom is -0.317 e. The average Bonchev–Trinajstić information content (AvgIpc) is 2.18. The number of benzene rings is 1. The zero-order valence-corrected chi connectivity index (χ0v) is 9.43. The Morgan fingerprint density at radius 3 is 2.06 bits per heavy atom. The molecule has 16 heavy (non-hydrogen) atoms. The van der Waals surface area contributed by atoms with Gasteiger partial charge in [-0.25, -0.2) is 0 Å². The second kappa shape index (κ2) is 5.34. The molecule has 0 amide bonds. The lowest BCUT2D eigenvalue weighted by Crippen LogP contribution is -2.23. The molecule has 1 unspecified atom stereocenters. The zero-order chi connectivity index (χ0) is 12.2. The van der Waals surface area contributed by atoms with Crippen LogP contribution in [0.2, 0.25) is 0 Å². The SMILES string of the molecule is CNC(C)Cc1ccc(CC(F)(F)F)cc1. The van der Waals surface area contributed by atoms with Crippen LogP contribution in [0.3, 0.4) is 0 Å². The van der Waals surface area contributed by atoms with Crippen molar-refractivity contribution in [1.82, 2.24) is 5.32 Å². The van der Waals surface area contributed by atoms with Gasteiger partial charge < -0.3 is 5.32 Å². The summed E-state index contributed by atoms with van der Waals surface area (Å²) in [7, 11) is 1.86. The Hall–Kier alpha value is -1.03. The number of alkyl halides is 3. The van der Waals surface area contributed by atoms with Gasteiger partial charge in [-0.1, -0.05) is 24.3 Å². The average molecular weight is 231 g/mol. The quantitative estimate of drug-likeness (QED) is 0.840. The Labute approximate surface area is 93.7 Å². The minimum absolute atomic E-state index is 0.313. The second-order valence-corrected chi connectivity index (χ2v) is 4.00. The van der Waals surface area contributed by atoms with Gasteiger partial charge in [-0.05, 0) is 31.5 Å². The van der Waals surface area contributed by atoms with Crippen LogP contribution >= 0.6 is 0 Å². The molecule has 0 radical (unpaired) electrons. The third-order valence-electron chi connectivity index (χ3n) is 2.46. The Morgan fingerprint density at radius 2 is 1.62 bits per heavy atom. The summed E-state index contributed by atoms with van der Waals surface area (Å²) in [6, 6.07) is 6.94. The molecule has 0 aliphatic rings. The van der Waals surface area contributed by atoms with E-state index in [4.69, 9.17) is 0 Å². The molecule has 0 aliphatic carbocycles. The van der Waals surface area contributed by atoms with Gasteiger partial charge in [0.15, 0.2) is 0 Å². The smallest absolute Gasteiger partial charge is 0.317 e. The lowest BCUT2D eigenvalue weighted by Gasteiger charge is -2.11. The Kier molecular flexibility index (Phi) is 4.35. The van der Waals surface area contributed by atoms with E-state index >= 15 is 0 Å². The first-order valence-electron chi connectivity index (χ1n) is 5.22. The van der Waals surface area contributed by atoms with Crippen molar-refractivity contribution in [3.05, 3.63) is 35.4 Å². The molecule has 1 nitrogen and oxygen atoms in total. The van der Waals surface area contributed by atoms with Gasteiger partial charge >= 0.3 is 6.18 Å². The van der Waals surface area contributed by atoms with E-state index in [0.29, 0.717) is 11.6 Å². The lowest BCUT2D eigenvalue weighted by atomic mass is 10.0. The zero-order valence-electron chi connectivity index (χ0n) is 9.43. The summed E-state index contributed by atoms with van der Waals surface area (Å²) >= 11 is 0. The molecule has 1 rings (SSSR count). The molecule has 0 saturated heterocycles. The maximum Gasteiger partial charge on any atom is 0.393 e. The molecule has 1 aromatic rings. The van der Waals surface area contributed by atoms with Crippen molar-refractivity contribution in [2.45, 2.75) is 32.0 Å². The van der Waals surface area contributed by atoms with Gasteiger partial charge in [-0.15, -0.1) is 0 Å². The molecule has 0 aliphatic heterocycles. The fourth-order valence-corrected chi connectivity index (χ4v) is 1.48. The van der Waals surface area contributed by atoms with Crippen LogP contribution in [0.1, 0.15) is 18.1 Å². The van der Waals surface area contributed by atoms with Gasteiger partial charge in [0.2, 0.25) is 0 Å². The molecule has 0 bridgehead atoms. The monoisotopic (exact) mass is 231 g/mol. The molecule has 4 heteroatoms. The van der Waals surface area contributed by atoms with Gasteiger partial charge in [0.25, 0.3) is 0 Å². The van der Waals surface area contributed by atoms with Crippen molar-refractivity contribution in [1.29, 1.82) is 0 Å². The van der Waals surface area contributed by atoms with E-state index in [9.17, 15) is 13.2 Å². The summed E-state index contributed by atoms with van der Waals surface area (Å²) in [6.07, 6.45) is -4.16. The first-order chi connectivity index (χ1) is 7.40. The third kappa shape index (κ3) is 4.66. The van der Waals surface area contributed by atoms with Crippen molar-refractivity contribution in [2.75, 3.05) is 7.05 Å². The topological polar surface area (TPSA) is 12.0 Å². The predicted molar refractivity (Wildman–Crippen MR) is 58.4 cm³/mol. The highest BCUT2D eigenvalue weighted by Gasteiger charge is 2.27. The van der Waals surface area contributed by atoms with Crippen LogP contribution in [0, 0.1) is 0 Å². The summed E-state index contributed by atoms with van der Waals surface area (Å²) < 4.78 is 36.3. The molecule has 0 saturated carbocycles. The maximum atomic E-state index is 12.1. The first kappa shape index (κ1) is 13.0. The van der Waals surface area contributed by atoms with Crippen molar-refractivity contribution in [2.24, 2.45) is 0 Å². The van der Waals surface area contributed by atoms with Crippen LogP contribution in [0.15, 0.2) is 24.3 Å². The molecule has 1 atom stereocenters. The van der Waals surface area contributed by atoms with Crippen LogP contribution in [0.25, 0.3) is 0 Å². The van der Waals surface area contributed by atoms with Crippen molar-refractivity contribution >= 4 is 0 Å². The first-order valence-corrected chi connectivity index (χ1v) is 5.22. The van der Waals surface area contributed by atoms with Gasteiger partial charge in [0.1, 0.15) is 0 Å². The van der Waals surface area contributed by atoms with Crippen LogP contribution in [0.4, 0.5) is 13.2 Å². The highest BCUT2D eigenvalue weighted by atomic mass is 19.4. The summed E-state index contributed by atoms with van der Waals surface area (Å²) in [5.41, 5.74) is 1.36. The van der Waals surface area contributed by atoms with E-state index in [1.165, 1.54) is 0 Å². The van der Waals surface area contributed by atoms with Crippen LogP contribution < -0.4 is 5.32 Å². The van der Waals surface area contributed by atoms with Gasteiger partial charge in [0.05, 0.1) is 6.42 Å². The number of nitrogens with one attached hydrogen (secondary N) is 1. The maximum absolute atomic E-state index is 12.1. The van der Waals surface area contributed by atoms with E-state index in [2.05, 4.69) is 5.32 Å². The highest BCUT2D eigenvalue weighted by molar-refractivity contribution is 5.23. The molecule has 0 fully saturated rings. The van der Waals surface area contributed by atoms with E-state index in [1.807, 2.05) is 14.0 Å². The summed E-state index contributed by atoms with van der Waals surface area (Å²) in [4.78, 5) is 0. The molecule has 0 aromatic heterocycles. The van der Waals surface area contributed by atoms with E-state index in [-0.39, 0.29) is 0 Å². The molecule has 1 N–H and O–H groups in total. The summed E-state index contributed by atoms with van der Waals surface area (Å²) in [5, 5.41) is 3.09. The Morgan fingerprint density at radius 1 is 1.12 bits per heavy atom. The molecular weight excluding hydrogens is 215 g/mol. The largest absolute Gasteiger partial charge is 0.393 e. The third-order valence-corrected chi connectivity index (χ3v) is 2.46. The summed E-state index contributed by atoms with van der Waals surface area (Å²) in [6.45, 7) is 2.03. The number of likely N-dealkylation sites (N-methyl/N-ethyl adjacent to an activating group) is 1. The lowest BCUT2D eigenvalue weighted by molar-refractivity contribution is -0.127. The summed E-state index contributed by atoms with van der Waals surface area (Å²) in [5.74, 6) is 0. The van der Waals surface area contributed by atoms with E-state index in [0.717, 1.165) is 12.0 Å². The number of hydrogen-bond donors (Lipinski definition) is 1.